The highest BCUT2D eigenvalue weighted by molar-refractivity contribution is 5.67. The van der Waals surface area contributed by atoms with Crippen molar-refractivity contribution in [3.05, 3.63) is 58.7 Å². The van der Waals surface area contributed by atoms with E-state index in [0.717, 1.165) is 72.3 Å². The van der Waals surface area contributed by atoms with Crippen LogP contribution in [0.15, 0.2) is 58.7 Å². The van der Waals surface area contributed by atoms with E-state index in [4.69, 9.17) is 4.74 Å². The lowest BCUT2D eigenvalue weighted by Crippen LogP contribution is -2.55. The topological polar surface area (TPSA) is 46.5 Å². The molecule has 0 saturated heterocycles. The minimum Gasteiger partial charge on any atom is -0.458 e. The molecule has 2 saturated carbocycles. The zero-order valence-electron chi connectivity index (χ0n) is 21.7. The Morgan fingerprint density at radius 1 is 1.16 bits per heavy atom. The number of hydrogen-bond acceptors (Lipinski definition) is 3. The number of alkyl halides is 6. The fourth-order valence-corrected chi connectivity index (χ4v) is 5.57. The number of fused-ring (bicyclic) bond motifs is 1. The van der Waals surface area contributed by atoms with Crippen LogP contribution in [0.1, 0.15) is 65.7 Å². The summed E-state index contributed by atoms with van der Waals surface area (Å²) in [6.45, 7) is 9.22. The zero-order valence-corrected chi connectivity index (χ0v) is 21.7. The van der Waals surface area contributed by atoms with Crippen LogP contribution in [0.5, 0.6) is 0 Å². The Labute approximate surface area is 219 Å². The third kappa shape index (κ3) is 5.80. The van der Waals surface area contributed by atoms with Gasteiger partial charge in [-0.3, -0.25) is 4.79 Å². The van der Waals surface area contributed by atoms with Crippen molar-refractivity contribution in [3.63, 3.8) is 0 Å². The van der Waals surface area contributed by atoms with Gasteiger partial charge in [0.05, 0.1) is 0 Å². The van der Waals surface area contributed by atoms with Gasteiger partial charge in [0, 0.05) is 18.8 Å². The molecular formula is C29H32F6O3. The van der Waals surface area contributed by atoms with Crippen LogP contribution in [0, 0.1) is 23.2 Å². The predicted molar refractivity (Wildman–Crippen MR) is 131 cm³/mol. The van der Waals surface area contributed by atoms with Crippen LogP contribution in [0.25, 0.3) is 0 Å². The van der Waals surface area contributed by atoms with Crippen LogP contribution in [0.4, 0.5) is 26.3 Å². The molecule has 2 fully saturated rings. The Morgan fingerprint density at radius 3 is 2.37 bits per heavy atom. The molecule has 0 aliphatic heterocycles. The molecule has 1 N–H and O–H groups in total. The van der Waals surface area contributed by atoms with Crippen LogP contribution in [-0.2, 0) is 9.53 Å². The summed E-state index contributed by atoms with van der Waals surface area (Å²) < 4.78 is 82.9. The second-order valence-electron chi connectivity index (χ2n) is 10.4. The van der Waals surface area contributed by atoms with Gasteiger partial charge in [-0.05, 0) is 72.7 Å². The molecule has 0 aromatic carbocycles. The molecule has 0 spiro atoms. The number of ether oxygens (including phenoxy) is 1. The van der Waals surface area contributed by atoms with Gasteiger partial charge in [0.15, 0.2) is 0 Å². The van der Waals surface area contributed by atoms with Crippen molar-refractivity contribution in [2.75, 3.05) is 0 Å². The molecule has 0 aromatic heterocycles. The van der Waals surface area contributed by atoms with Crippen molar-refractivity contribution in [2.24, 2.45) is 11.3 Å². The number of rotatable bonds is 4. The third-order valence-electron chi connectivity index (χ3n) is 7.67. The van der Waals surface area contributed by atoms with E-state index < -0.39 is 29.3 Å². The van der Waals surface area contributed by atoms with Gasteiger partial charge in [-0.25, -0.2) is 0 Å². The van der Waals surface area contributed by atoms with Gasteiger partial charge >= 0.3 is 23.9 Å². The smallest absolute Gasteiger partial charge is 0.438 e. The average molecular weight is 543 g/mol. The molecule has 0 bridgehead atoms. The Bertz CT molecular complexity index is 1140. The Morgan fingerprint density at radius 2 is 1.76 bits per heavy atom. The second kappa shape index (κ2) is 10.8. The first kappa shape index (κ1) is 29.8. The maximum absolute atomic E-state index is 12.9. The van der Waals surface area contributed by atoms with E-state index >= 15 is 0 Å². The van der Waals surface area contributed by atoms with Crippen LogP contribution < -0.4 is 0 Å². The van der Waals surface area contributed by atoms with E-state index in [1.165, 1.54) is 6.92 Å². The van der Waals surface area contributed by atoms with Gasteiger partial charge in [0.25, 0.3) is 0 Å². The van der Waals surface area contributed by atoms with Gasteiger partial charge in [0.2, 0.25) is 0 Å². The molecule has 3 atom stereocenters. The van der Waals surface area contributed by atoms with E-state index in [0.29, 0.717) is 0 Å². The first-order valence-corrected chi connectivity index (χ1v) is 12.6. The fourth-order valence-electron chi connectivity index (χ4n) is 5.57. The maximum atomic E-state index is 12.9. The van der Waals surface area contributed by atoms with Gasteiger partial charge in [-0.15, -0.1) is 0 Å². The third-order valence-corrected chi connectivity index (χ3v) is 7.67. The van der Waals surface area contributed by atoms with E-state index in [-0.39, 0.29) is 18.5 Å². The van der Waals surface area contributed by atoms with Crippen molar-refractivity contribution in [2.45, 2.75) is 89.8 Å². The molecule has 2 unspecified atom stereocenters. The summed E-state index contributed by atoms with van der Waals surface area (Å²) in [5.74, 6) is 2.23. The lowest BCUT2D eigenvalue weighted by molar-refractivity contribution is -0.343. The monoisotopic (exact) mass is 542 g/mol. The van der Waals surface area contributed by atoms with Crippen LogP contribution in [-0.4, -0.2) is 35.1 Å². The summed E-state index contributed by atoms with van der Waals surface area (Å²) in [5, 5.41) is 9.29. The van der Waals surface area contributed by atoms with E-state index in [1.54, 1.807) is 6.92 Å². The highest BCUT2D eigenvalue weighted by Gasteiger charge is 2.70. The highest BCUT2D eigenvalue weighted by Crippen LogP contribution is 2.54. The summed E-state index contributed by atoms with van der Waals surface area (Å²) in [7, 11) is 0. The molecule has 9 heteroatoms. The summed E-state index contributed by atoms with van der Waals surface area (Å²) >= 11 is 0. The molecule has 3 nitrogen and oxygen atoms in total. The molecule has 0 amide bonds. The molecule has 0 radical (unpaired) electrons. The van der Waals surface area contributed by atoms with Gasteiger partial charge < -0.3 is 9.84 Å². The van der Waals surface area contributed by atoms with Crippen LogP contribution >= 0.6 is 0 Å². The van der Waals surface area contributed by atoms with Crippen LogP contribution in [0.2, 0.25) is 0 Å². The molecule has 208 valence electrons. The average Bonchev–Trinajstić information content (AvgIpc) is 3.15. The van der Waals surface area contributed by atoms with Crippen LogP contribution in [0.3, 0.4) is 0 Å². The molecule has 0 aromatic rings. The Kier molecular flexibility index (Phi) is 8.47. The highest BCUT2D eigenvalue weighted by atomic mass is 19.4. The lowest BCUT2D eigenvalue weighted by atomic mass is 9.65. The van der Waals surface area contributed by atoms with Crippen molar-refractivity contribution in [1.29, 1.82) is 0 Å². The van der Waals surface area contributed by atoms with Crippen molar-refractivity contribution >= 4 is 5.97 Å². The fraction of sp³-hybridized carbons (Fsp3) is 0.552. The predicted octanol–water partition coefficient (Wildman–Crippen LogP) is 7.45. The summed E-state index contributed by atoms with van der Waals surface area (Å²) in [6.07, 6.45) is 0.228. The van der Waals surface area contributed by atoms with Crippen molar-refractivity contribution in [1.82, 2.24) is 0 Å². The molecule has 3 aliphatic carbocycles. The first-order chi connectivity index (χ1) is 17.5. The number of aliphatic hydroxyl groups is 1. The summed E-state index contributed by atoms with van der Waals surface area (Å²) in [4.78, 5) is 11.4. The minimum atomic E-state index is -5.96. The number of halogens is 6. The molecule has 3 rings (SSSR count). The number of carbonyl (C=O) groups is 1. The molecule has 38 heavy (non-hydrogen) atoms. The molecule has 0 heterocycles. The SMILES string of the molecule is C=C1/C(=C\C=C2/CCCC3(C)C2=CC=C3[C@H](C)CC#CC(O)(C(F)(F)F)C(F)(F)F)CCCC1OC(C)=O. The van der Waals surface area contributed by atoms with Gasteiger partial charge in [0.1, 0.15) is 6.10 Å². The molecule has 3 aliphatic rings. The normalized spacial score (nSPS) is 27.3. The molecular weight excluding hydrogens is 510 g/mol. The van der Waals surface area contributed by atoms with Gasteiger partial charge in [-0.1, -0.05) is 56.2 Å². The van der Waals surface area contributed by atoms with E-state index in [1.807, 2.05) is 37.1 Å². The largest absolute Gasteiger partial charge is 0.458 e. The van der Waals surface area contributed by atoms with Gasteiger partial charge in [-0.2, -0.15) is 26.3 Å². The van der Waals surface area contributed by atoms with E-state index in [9.17, 15) is 36.2 Å². The second-order valence-corrected chi connectivity index (χ2v) is 10.4. The van der Waals surface area contributed by atoms with E-state index in [2.05, 4.69) is 6.58 Å². The number of hydrogen-bond donors (Lipinski definition) is 1. The van der Waals surface area contributed by atoms with Crippen molar-refractivity contribution in [3.8, 4) is 11.8 Å². The minimum absolute atomic E-state index is 0.266. The summed E-state index contributed by atoms with van der Waals surface area (Å²) in [6, 6.07) is 0. The zero-order chi connectivity index (χ0) is 28.5. The quantitative estimate of drug-likeness (QED) is 0.228. The number of allylic oxidation sites excluding steroid dienone is 7. The Hall–Kier alpha value is -2.73. The standard InChI is InChI=1S/C29H32F6O3/c1-18(8-6-17-27(37,28(30,31)32)29(33,34)35)23-14-15-24-22(10-7-16-26(23,24)4)13-12-21-9-5-11-25(19(21)2)38-20(3)36/h12-15,18,25,37H,2,5,7-11,16H2,1,3-4H3/b21-12-,22-13+/t18-,25?,26?/m1/s1. The first-order valence-electron chi connectivity index (χ1n) is 12.6. The number of carbonyl (C=O) groups excluding carboxylic acids is 1. The summed E-state index contributed by atoms with van der Waals surface area (Å²) in [5.41, 5.74) is -0.636. The Balaban J connectivity index is 1.77. The lowest BCUT2D eigenvalue weighted by Gasteiger charge is -2.39. The number of esters is 1. The van der Waals surface area contributed by atoms with Crippen molar-refractivity contribution < 1.29 is 41.0 Å². The maximum Gasteiger partial charge on any atom is 0.438 e.